The van der Waals surface area contributed by atoms with Crippen LogP contribution in [0.2, 0.25) is 0 Å². The van der Waals surface area contributed by atoms with E-state index >= 15 is 0 Å². The number of carboxylic acids is 1. The van der Waals surface area contributed by atoms with E-state index in [-0.39, 0.29) is 0 Å². The molecule has 1 saturated heterocycles. The number of hydrogen-bond donors (Lipinski definition) is 1. The predicted octanol–water partition coefficient (Wildman–Crippen LogP) is 2.37. The number of para-hydroxylation sites is 1. The Hall–Kier alpha value is -3.12. The molecule has 5 rings (SSSR count). The molecule has 26 heavy (non-hydrogen) atoms. The lowest BCUT2D eigenvalue weighted by molar-refractivity contribution is -0.497. The summed E-state index contributed by atoms with van der Waals surface area (Å²) in [4.78, 5) is 14.2. The van der Waals surface area contributed by atoms with Gasteiger partial charge >= 0.3 is 11.9 Å². The van der Waals surface area contributed by atoms with E-state index in [0.717, 1.165) is 41.0 Å². The van der Waals surface area contributed by atoms with Gasteiger partial charge in [0.2, 0.25) is 0 Å². The number of carboxylic acid groups (broad SMARTS) is 1. The minimum Gasteiger partial charge on any atom is -0.478 e. The van der Waals surface area contributed by atoms with Crippen molar-refractivity contribution in [3.8, 4) is 0 Å². The summed E-state index contributed by atoms with van der Waals surface area (Å²) in [6, 6.07) is 15.5. The molecule has 0 saturated carbocycles. The van der Waals surface area contributed by atoms with Crippen molar-refractivity contribution in [1.29, 1.82) is 0 Å². The summed E-state index contributed by atoms with van der Waals surface area (Å²) >= 11 is 0. The molecule has 0 aliphatic carbocycles. The van der Waals surface area contributed by atoms with Crippen LogP contribution in [0, 0.1) is 0 Å². The highest BCUT2D eigenvalue weighted by atomic mass is 16.5. The molecule has 4 aromatic rings. The molecule has 0 spiro atoms. The van der Waals surface area contributed by atoms with Gasteiger partial charge in [-0.15, -0.1) is 0 Å². The average molecular weight is 348 g/mol. The summed E-state index contributed by atoms with van der Waals surface area (Å²) in [5, 5.41) is 10.5. The second kappa shape index (κ2) is 5.71. The zero-order valence-corrected chi connectivity index (χ0v) is 14.1. The topological polar surface area (TPSA) is 58.3 Å². The number of morpholine rings is 1. The molecule has 1 fully saturated rings. The maximum Gasteiger partial charge on any atom is 0.370 e. The minimum atomic E-state index is -0.910. The minimum absolute atomic E-state index is 0.325. The molecule has 0 atom stereocenters. The molecular formula is C20H18N3O3+. The summed E-state index contributed by atoms with van der Waals surface area (Å²) in [6.45, 7) is 2.98. The number of aromatic nitrogens is 2. The molecule has 3 aromatic heterocycles. The smallest absolute Gasteiger partial charge is 0.370 e. The van der Waals surface area contributed by atoms with Crippen molar-refractivity contribution in [3.05, 3.63) is 60.3 Å². The molecular weight excluding hydrogens is 330 g/mol. The van der Waals surface area contributed by atoms with Crippen LogP contribution in [-0.2, 0) is 4.74 Å². The highest BCUT2D eigenvalue weighted by molar-refractivity contribution is 6.06. The molecule has 6 nitrogen and oxygen atoms in total. The van der Waals surface area contributed by atoms with Crippen LogP contribution in [-0.4, -0.2) is 41.8 Å². The quantitative estimate of drug-likeness (QED) is 0.565. The lowest BCUT2D eigenvalue weighted by atomic mass is 10.1. The van der Waals surface area contributed by atoms with Crippen LogP contribution < -0.4 is 9.30 Å². The van der Waals surface area contributed by atoms with Crippen molar-refractivity contribution in [3.63, 3.8) is 0 Å². The zero-order chi connectivity index (χ0) is 17.7. The van der Waals surface area contributed by atoms with Crippen LogP contribution in [0.15, 0.2) is 54.7 Å². The molecule has 6 heteroatoms. The van der Waals surface area contributed by atoms with Crippen molar-refractivity contribution in [2.75, 3.05) is 31.2 Å². The van der Waals surface area contributed by atoms with E-state index < -0.39 is 5.97 Å². The number of aromatic carboxylic acids is 1. The van der Waals surface area contributed by atoms with Crippen LogP contribution in [0.5, 0.6) is 0 Å². The third-order valence-electron chi connectivity index (χ3n) is 5.02. The Morgan fingerprint density at radius 3 is 2.62 bits per heavy atom. The first-order chi connectivity index (χ1) is 12.8. The number of rotatable bonds is 2. The van der Waals surface area contributed by atoms with Gasteiger partial charge in [-0.05, 0) is 24.3 Å². The van der Waals surface area contributed by atoms with Gasteiger partial charge in [0, 0.05) is 5.39 Å². The molecule has 1 aromatic carbocycles. The van der Waals surface area contributed by atoms with Gasteiger partial charge in [-0.2, -0.15) is 4.40 Å². The largest absolute Gasteiger partial charge is 0.478 e. The van der Waals surface area contributed by atoms with Crippen LogP contribution >= 0.6 is 0 Å². The molecule has 0 radical (unpaired) electrons. The van der Waals surface area contributed by atoms with Crippen molar-refractivity contribution in [1.82, 2.24) is 4.40 Å². The van der Waals surface area contributed by atoms with E-state index in [2.05, 4.69) is 13.7 Å². The summed E-state index contributed by atoms with van der Waals surface area (Å²) in [5.74, 6) is 0.124. The monoisotopic (exact) mass is 348 g/mol. The van der Waals surface area contributed by atoms with E-state index in [1.807, 2.05) is 48.7 Å². The van der Waals surface area contributed by atoms with Gasteiger partial charge < -0.3 is 9.84 Å². The number of imidazole rings is 1. The third kappa shape index (κ3) is 2.09. The lowest BCUT2D eigenvalue weighted by Crippen LogP contribution is -2.42. The number of nitrogens with zero attached hydrogens (tertiary/aromatic N) is 3. The standard InChI is InChI=1S/C20H17N3O3/c24-19(25)15-13-18-17-7-3-4-8-22(17)20(21-9-11-26-12-10-21)23(18)16-6-2-1-5-14(15)16/h1-8,13H,9-12H2/p+1. The predicted molar refractivity (Wildman–Crippen MR) is 98.1 cm³/mol. The number of ether oxygens (including phenoxy) is 1. The molecule has 0 amide bonds. The van der Waals surface area contributed by atoms with E-state index in [1.54, 1.807) is 6.07 Å². The SMILES string of the molecule is O=C(O)c1cc2c3cccc[n+]3c(N3CCOCC3)n2c2ccccc12. The first-order valence-corrected chi connectivity index (χ1v) is 8.68. The highest BCUT2D eigenvalue weighted by Gasteiger charge is 2.29. The highest BCUT2D eigenvalue weighted by Crippen LogP contribution is 2.29. The Bertz CT molecular complexity index is 1160. The van der Waals surface area contributed by atoms with E-state index in [1.165, 1.54) is 0 Å². The van der Waals surface area contributed by atoms with Gasteiger partial charge in [0.15, 0.2) is 0 Å². The number of hydrogen-bond acceptors (Lipinski definition) is 3. The van der Waals surface area contributed by atoms with Gasteiger partial charge in [0.1, 0.15) is 16.6 Å². The van der Waals surface area contributed by atoms with E-state index in [9.17, 15) is 9.90 Å². The molecule has 0 unspecified atom stereocenters. The summed E-state index contributed by atoms with van der Waals surface area (Å²) in [5.41, 5.74) is 3.10. The Balaban J connectivity index is 1.99. The van der Waals surface area contributed by atoms with Gasteiger partial charge in [0.25, 0.3) is 0 Å². The Morgan fingerprint density at radius 1 is 1.04 bits per heavy atom. The van der Waals surface area contributed by atoms with Gasteiger partial charge in [-0.25, -0.2) is 9.20 Å². The Kier molecular flexibility index (Phi) is 3.33. The maximum atomic E-state index is 11.9. The number of anilines is 1. The van der Waals surface area contributed by atoms with Gasteiger partial charge in [-0.3, -0.25) is 4.90 Å². The fourth-order valence-electron chi connectivity index (χ4n) is 3.88. The van der Waals surface area contributed by atoms with Gasteiger partial charge in [-0.1, -0.05) is 24.3 Å². The number of benzene rings is 1. The third-order valence-corrected chi connectivity index (χ3v) is 5.02. The molecule has 1 N–H and O–H groups in total. The second-order valence-corrected chi connectivity index (χ2v) is 6.46. The van der Waals surface area contributed by atoms with E-state index in [4.69, 9.17) is 4.74 Å². The summed E-state index contributed by atoms with van der Waals surface area (Å²) in [7, 11) is 0. The fraction of sp³-hybridized carbons (Fsp3) is 0.200. The van der Waals surface area contributed by atoms with Crippen LogP contribution in [0.1, 0.15) is 10.4 Å². The molecule has 1 aliphatic heterocycles. The van der Waals surface area contributed by atoms with Crippen molar-refractivity contribution in [2.24, 2.45) is 0 Å². The lowest BCUT2D eigenvalue weighted by Gasteiger charge is -2.22. The fourth-order valence-corrected chi connectivity index (χ4v) is 3.88. The normalized spacial score (nSPS) is 15.2. The average Bonchev–Trinajstić information content (AvgIpc) is 3.02. The van der Waals surface area contributed by atoms with Crippen LogP contribution in [0.25, 0.3) is 21.9 Å². The van der Waals surface area contributed by atoms with Crippen molar-refractivity contribution < 1.29 is 19.0 Å². The second-order valence-electron chi connectivity index (χ2n) is 6.46. The molecule has 130 valence electrons. The van der Waals surface area contributed by atoms with Crippen molar-refractivity contribution in [2.45, 2.75) is 0 Å². The number of carbonyl (C=O) groups is 1. The molecule has 4 heterocycles. The van der Waals surface area contributed by atoms with Crippen molar-refractivity contribution >= 4 is 33.9 Å². The summed E-state index contributed by atoms with van der Waals surface area (Å²) < 4.78 is 9.83. The van der Waals surface area contributed by atoms with Crippen LogP contribution in [0.3, 0.4) is 0 Å². The summed E-state index contributed by atoms with van der Waals surface area (Å²) in [6.07, 6.45) is 2.03. The number of pyridine rings is 2. The van der Waals surface area contributed by atoms with Crippen LogP contribution in [0.4, 0.5) is 5.95 Å². The number of fused-ring (bicyclic) bond motifs is 5. The Labute approximate surface area is 149 Å². The van der Waals surface area contributed by atoms with Gasteiger partial charge in [0.05, 0.1) is 38.1 Å². The zero-order valence-electron chi connectivity index (χ0n) is 14.1. The first-order valence-electron chi connectivity index (χ1n) is 8.68. The molecule has 1 aliphatic rings. The Morgan fingerprint density at radius 2 is 1.81 bits per heavy atom. The maximum absolute atomic E-state index is 11.9. The van der Waals surface area contributed by atoms with E-state index in [0.29, 0.717) is 18.8 Å². The first kappa shape index (κ1) is 15.2. The molecule has 0 bridgehead atoms.